The van der Waals surface area contributed by atoms with Gasteiger partial charge < -0.3 is 10.1 Å². The minimum atomic E-state index is -3.66. The van der Waals surface area contributed by atoms with Crippen LogP contribution < -0.4 is 5.32 Å². The molecule has 0 radical (unpaired) electrons. The average Bonchev–Trinajstić information content (AvgIpc) is 2.90. The van der Waals surface area contributed by atoms with Crippen molar-refractivity contribution in [3.05, 3.63) is 29.8 Å². The molecule has 0 spiro atoms. The Bertz CT molecular complexity index is 806. The topological polar surface area (TPSA) is 92.8 Å². The Labute approximate surface area is 167 Å². The van der Waals surface area contributed by atoms with E-state index in [1.54, 1.807) is 0 Å². The highest BCUT2D eigenvalue weighted by Gasteiger charge is 2.27. The number of carbonyl (C=O) groups is 2. The number of hydrogen-bond acceptors (Lipinski definition) is 5. The molecule has 0 unspecified atom stereocenters. The molecule has 0 saturated carbocycles. The number of hydrogen-bond donors (Lipinski definition) is 1. The van der Waals surface area contributed by atoms with Crippen LogP contribution in [-0.4, -0.2) is 49.3 Å². The zero-order valence-corrected chi connectivity index (χ0v) is 17.8. The molecule has 0 aliphatic carbocycles. The van der Waals surface area contributed by atoms with Gasteiger partial charge in [0.15, 0.2) is 6.10 Å². The van der Waals surface area contributed by atoms with E-state index in [9.17, 15) is 18.0 Å². The Hall–Kier alpha value is -1.93. The summed E-state index contributed by atoms with van der Waals surface area (Å²) in [7, 11) is -3.66. The number of amides is 1. The zero-order chi connectivity index (χ0) is 20.9. The molecule has 1 aliphatic rings. The van der Waals surface area contributed by atoms with E-state index in [0.717, 1.165) is 25.7 Å². The van der Waals surface area contributed by atoms with Crippen LogP contribution in [0.4, 0.5) is 0 Å². The quantitative estimate of drug-likeness (QED) is 0.754. The van der Waals surface area contributed by atoms with Crippen molar-refractivity contribution in [3.8, 4) is 0 Å². The molecule has 1 amide bonds. The van der Waals surface area contributed by atoms with Crippen LogP contribution in [-0.2, 0) is 19.6 Å². The summed E-state index contributed by atoms with van der Waals surface area (Å²) in [4.78, 5) is 24.6. The normalized spacial score (nSPS) is 17.4. The summed E-state index contributed by atoms with van der Waals surface area (Å²) in [5, 5.41) is 2.74. The molecule has 8 heteroatoms. The van der Waals surface area contributed by atoms with Gasteiger partial charge in [-0.15, -0.1) is 0 Å². The van der Waals surface area contributed by atoms with E-state index < -0.39 is 33.5 Å². The highest BCUT2D eigenvalue weighted by atomic mass is 32.2. The van der Waals surface area contributed by atoms with Crippen molar-refractivity contribution in [2.45, 2.75) is 69.9 Å². The lowest BCUT2D eigenvalue weighted by Gasteiger charge is -2.23. The van der Waals surface area contributed by atoms with Crippen LogP contribution in [0.15, 0.2) is 29.2 Å². The van der Waals surface area contributed by atoms with Crippen LogP contribution >= 0.6 is 0 Å². The smallest absolute Gasteiger partial charge is 0.338 e. The van der Waals surface area contributed by atoms with Crippen LogP contribution in [0.2, 0.25) is 0 Å². The molecular formula is C20H30N2O5S. The SMILES string of the molecule is C[C@@H](OC(=O)c1cccc(S(=O)(=O)N2CCCCCC2)c1)C(=O)NC(C)(C)C. The highest BCUT2D eigenvalue weighted by molar-refractivity contribution is 7.89. The van der Waals surface area contributed by atoms with Gasteiger partial charge in [0.25, 0.3) is 5.91 Å². The molecule has 1 saturated heterocycles. The summed E-state index contributed by atoms with van der Waals surface area (Å²) in [6.45, 7) is 7.95. The van der Waals surface area contributed by atoms with Gasteiger partial charge >= 0.3 is 5.97 Å². The third-order valence-electron chi connectivity index (χ3n) is 4.42. The van der Waals surface area contributed by atoms with Crippen molar-refractivity contribution in [1.29, 1.82) is 0 Å². The van der Waals surface area contributed by atoms with E-state index >= 15 is 0 Å². The first-order valence-electron chi connectivity index (χ1n) is 9.64. The largest absolute Gasteiger partial charge is 0.449 e. The number of esters is 1. The van der Waals surface area contributed by atoms with Crippen molar-refractivity contribution in [1.82, 2.24) is 9.62 Å². The molecule has 7 nitrogen and oxygen atoms in total. The molecule has 28 heavy (non-hydrogen) atoms. The van der Waals surface area contributed by atoms with Crippen molar-refractivity contribution < 1.29 is 22.7 Å². The van der Waals surface area contributed by atoms with E-state index in [-0.39, 0.29) is 10.5 Å². The van der Waals surface area contributed by atoms with Gasteiger partial charge in [0.2, 0.25) is 10.0 Å². The lowest BCUT2D eigenvalue weighted by Crippen LogP contribution is -2.46. The Morgan fingerprint density at radius 1 is 1.11 bits per heavy atom. The summed E-state index contributed by atoms with van der Waals surface area (Å²) in [6, 6.07) is 5.79. The lowest BCUT2D eigenvalue weighted by molar-refractivity contribution is -0.130. The molecule has 0 bridgehead atoms. The molecule has 2 rings (SSSR count). The molecule has 0 aromatic heterocycles. The van der Waals surface area contributed by atoms with E-state index in [4.69, 9.17) is 4.74 Å². The minimum Gasteiger partial charge on any atom is -0.449 e. The Morgan fingerprint density at radius 3 is 2.29 bits per heavy atom. The first-order chi connectivity index (χ1) is 13.0. The predicted octanol–water partition coefficient (Wildman–Crippen LogP) is 2.71. The maximum Gasteiger partial charge on any atom is 0.338 e. The van der Waals surface area contributed by atoms with E-state index in [1.807, 2.05) is 20.8 Å². The fourth-order valence-electron chi connectivity index (χ4n) is 2.97. The summed E-state index contributed by atoms with van der Waals surface area (Å²) in [5.74, 6) is -1.14. The molecule has 1 aliphatic heterocycles. The van der Waals surface area contributed by atoms with Gasteiger partial charge in [-0.1, -0.05) is 18.9 Å². The molecular weight excluding hydrogens is 380 g/mol. The fourth-order valence-corrected chi connectivity index (χ4v) is 4.53. The maximum absolute atomic E-state index is 12.9. The number of benzene rings is 1. The predicted molar refractivity (Wildman–Crippen MR) is 106 cm³/mol. The second kappa shape index (κ2) is 9.05. The maximum atomic E-state index is 12.9. The summed E-state index contributed by atoms with van der Waals surface area (Å²) >= 11 is 0. The van der Waals surface area contributed by atoms with Crippen molar-refractivity contribution in [2.75, 3.05) is 13.1 Å². The van der Waals surface area contributed by atoms with Gasteiger partial charge in [0.1, 0.15) is 0 Å². The van der Waals surface area contributed by atoms with Crippen LogP contribution in [0, 0.1) is 0 Å². The Balaban J connectivity index is 2.13. The number of nitrogens with one attached hydrogen (secondary N) is 1. The minimum absolute atomic E-state index is 0.0654. The van der Waals surface area contributed by atoms with E-state index in [1.165, 1.54) is 35.5 Å². The van der Waals surface area contributed by atoms with Crippen LogP contribution in [0.3, 0.4) is 0 Å². The summed E-state index contributed by atoms with van der Waals surface area (Å²) in [5.41, 5.74) is -0.342. The average molecular weight is 411 g/mol. The highest BCUT2D eigenvalue weighted by Crippen LogP contribution is 2.21. The summed E-state index contributed by atoms with van der Waals surface area (Å²) in [6.07, 6.45) is 2.72. The number of carbonyl (C=O) groups excluding carboxylic acids is 2. The Morgan fingerprint density at radius 2 is 1.71 bits per heavy atom. The summed E-state index contributed by atoms with van der Waals surface area (Å²) < 4.78 is 32.5. The van der Waals surface area contributed by atoms with Gasteiger partial charge in [0.05, 0.1) is 10.5 Å². The van der Waals surface area contributed by atoms with Crippen molar-refractivity contribution in [3.63, 3.8) is 0 Å². The molecule has 1 N–H and O–H groups in total. The standard InChI is InChI=1S/C20H30N2O5S/c1-15(18(23)21-20(2,3)4)27-19(24)16-10-9-11-17(14-16)28(25,26)22-12-7-5-6-8-13-22/h9-11,14-15H,5-8,12-13H2,1-4H3,(H,21,23)/t15-/m1/s1. The number of ether oxygens (including phenoxy) is 1. The van der Waals surface area contributed by atoms with Gasteiger partial charge in [-0.3, -0.25) is 4.79 Å². The number of sulfonamides is 1. The van der Waals surface area contributed by atoms with E-state index in [2.05, 4.69) is 5.32 Å². The molecule has 1 heterocycles. The van der Waals surface area contributed by atoms with Gasteiger partial charge in [-0.2, -0.15) is 4.31 Å². The first-order valence-corrected chi connectivity index (χ1v) is 11.1. The van der Waals surface area contributed by atoms with Gasteiger partial charge in [0, 0.05) is 18.6 Å². The first kappa shape index (κ1) is 22.4. The molecule has 1 aromatic rings. The third kappa shape index (κ3) is 6.04. The zero-order valence-electron chi connectivity index (χ0n) is 17.0. The number of nitrogens with zero attached hydrogens (tertiary/aromatic N) is 1. The van der Waals surface area contributed by atoms with Gasteiger partial charge in [-0.25, -0.2) is 13.2 Å². The number of rotatable bonds is 5. The monoisotopic (exact) mass is 410 g/mol. The van der Waals surface area contributed by atoms with Crippen LogP contribution in [0.5, 0.6) is 0 Å². The molecule has 156 valence electrons. The fraction of sp³-hybridized carbons (Fsp3) is 0.600. The third-order valence-corrected chi connectivity index (χ3v) is 6.32. The second-order valence-corrected chi connectivity index (χ2v) is 10.1. The van der Waals surface area contributed by atoms with Crippen LogP contribution in [0.25, 0.3) is 0 Å². The molecule has 1 atom stereocenters. The van der Waals surface area contributed by atoms with Crippen molar-refractivity contribution in [2.24, 2.45) is 0 Å². The van der Waals surface area contributed by atoms with Crippen LogP contribution in [0.1, 0.15) is 63.7 Å². The lowest BCUT2D eigenvalue weighted by atomic mass is 10.1. The second-order valence-electron chi connectivity index (χ2n) is 8.13. The van der Waals surface area contributed by atoms with E-state index in [0.29, 0.717) is 13.1 Å². The van der Waals surface area contributed by atoms with Gasteiger partial charge in [-0.05, 0) is 58.7 Å². The Kier molecular flexibility index (Phi) is 7.22. The molecule has 1 aromatic carbocycles. The molecule has 1 fully saturated rings. The van der Waals surface area contributed by atoms with Crippen molar-refractivity contribution >= 4 is 21.9 Å².